The Morgan fingerprint density at radius 2 is 2.19 bits per heavy atom. The minimum Gasteiger partial charge on any atom is -0.322 e. The van der Waals surface area contributed by atoms with Crippen LogP contribution in [0.25, 0.3) is 0 Å². The second kappa shape index (κ2) is 6.64. The van der Waals surface area contributed by atoms with Crippen molar-refractivity contribution in [3.8, 4) is 0 Å². The summed E-state index contributed by atoms with van der Waals surface area (Å²) in [7, 11) is 0. The highest BCUT2D eigenvalue weighted by Gasteiger charge is 2.16. The van der Waals surface area contributed by atoms with Gasteiger partial charge in [-0.25, -0.2) is 15.2 Å². The summed E-state index contributed by atoms with van der Waals surface area (Å²) in [6.07, 6.45) is 2.05. The summed E-state index contributed by atoms with van der Waals surface area (Å²) in [6.45, 7) is 1.97. The maximum atomic E-state index is 14.0. The number of aryl methyl sites for hydroxylation is 1. The normalized spacial score (nSPS) is 10.3. The van der Waals surface area contributed by atoms with Crippen LogP contribution in [-0.2, 0) is 6.42 Å². The van der Waals surface area contributed by atoms with Crippen LogP contribution in [0.1, 0.15) is 22.8 Å². The van der Waals surface area contributed by atoms with Gasteiger partial charge in [-0.05, 0) is 36.2 Å². The largest absolute Gasteiger partial charge is 0.322 e. The lowest BCUT2D eigenvalue weighted by atomic mass is 10.1. The van der Waals surface area contributed by atoms with Crippen molar-refractivity contribution in [2.75, 3.05) is 10.7 Å². The van der Waals surface area contributed by atoms with Gasteiger partial charge in [0, 0.05) is 16.4 Å². The van der Waals surface area contributed by atoms with Gasteiger partial charge in [0.05, 0.1) is 5.56 Å². The van der Waals surface area contributed by atoms with Crippen LogP contribution < -0.4 is 16.6 Å². The highest BCUT2D eigenvalue weighted by molar-refractivity contribution is 9.10. The van der Waals surface area contributed by atoms with Crippen LogP contribution >= 0.6 is 15.9 Å². The number of nitrogens with two attached hydrogens (primary N) is 1. The Labute approximate surface area is 129 Å². The summed E-state index contributed by atoms with van der Waals surface area (Å²) in [4.78, 5) is 15.9. The summed E-state index contributed by atoms with van der Waals surface area (Å²) < 4.78 is 14.9. The van der Waals surface area contributed by atoms with Crippen LogP contribution in [-0.4, -0.2) is 10.9 Å². The van der Waals surface area contributed by atoms with Crippen molar-refractivity contribution in [2.24, 2.45) is 5.84 Å². The molecule has 110 valence electrons. The molecule has 0 aliphatic rings. The highest BCUT2D eigenvalue weighted by atomic mass is 79.9. The van der Waals surface area contributed by atoms with E-state index in [1.165, 1.54) is 12.3 Å². The molecule has 5 nitrogen and oxygen atoms in total. The van der Waals surface area contributed by atoms with Crippen LogP contribution in [0, 0.1) is 5.82 Å². The third kappa shape index (κ3) is 3.37. The van der Waals surface area contributed by atoms with Crippen LogP contribution in [0.15, 0.2) is 34.9 Å². The number of hydrogen-bond acceptors (Lipinski definition) is 4. The first-order valence-corrected chi connectivity index (χ1v) is 7.07. The number of halogens is 2. The maximum Gasteiger partial charge on any atom is 0.258 e. The molecule has 0 radical (unpaired) electrons. The molecule has 2 aromatic rings. The van der Waals surface area contributed by atoms with Gasteiger partial charge in [0.1, 0.15) is 0 Å². The van der Waals surface area contributed by atoms with Gasteiger partial charge in [-0.1, -0.05) is 22.9 Å². The second-order valence-corrected chi connectivity index (χ2v) is 5.19. The molecule has 0 spiro atoms. The molecule has 0 aliphatic carbocycles. The predicted octanol–water partition coefficient (Wildman–Crippen LogP) is 3.08. The molecule has 0 saturated carbocycles. The molecule has 0 aliphatic heterocycles. The SMILES string of the molecule is CCc1cc(Br)ccc1NC(=O)c1ccnc(NN)c1F. The minimum atomic E-state index is -0.785. The Balaban J connectivity index is 2.30. The molecule has 1 aromatic heterocycles. The maximum absolute atomic E-state index is 14.0. The van der Waals surface area contributed by atoms with E-state index in [9.17, 15) is 9.18 Å². The third-order valence-corrected chi connectivity index (χ3v) is 3.46. The summed E-state index contributed by atoms with van der Waals surface area (Å²) in [5, 5.41) is 2.70. The van der Waals surface area contributed by atoms with Crippen molar-refractivity contribution in [1.29, 1.82) is 0 Å². The zero-order valence-electron chi connectivity index (χ0n) is 11.3. The second-order valence-electron chi connectivity index (χ2n) is 4.27. The zero-order chi connectivity index (χ0) is 15.4. The van der Waals surface area contributed by atoms with Gasteiger partial charge in [-0.3, -0.25) is 4.79 Å². The van der Waals surface area contributed by atoms with Crippen molar-refractivity contribution in [3.05, 3.63) is 51.9 Å². The zero-order valence-corrected chi connectivity index (χ0v) is 12.9. The molecule has 0 atom stereocenters. The Morgan fingerprint density at radius 1 is 1.43 bits per heavy atom. The molecule has 1 heterocycles. The quantitative estimate of drug-likeness (QED) is 0.583. The molecule has 0 fully saturated rings. The molecule has 4 N–H and O–H groups in total. The fraction of sp³-hybridized carbons (Fsp3) is 0.143. The summed E-state index contributed by atoms with van der Waals surface area (Å²) in [5.74, 6) is 3.64. The Kier molecular flexibility index (Phi) is 4.87. The van der Waals surface area contributed by atoms with Gasteiger partial charge in [-0.2, -0.15) is 0 Å². The molecular weight excluding hydrogens is 339 g/mol. The number of nitrogens with one attached hydrogen (secondary N) is 2. The van der Waals surface area contributed by atoms with E-state index in [1.54, 1.807) is 6.07 Å². The number of aromatic nitrogens is 1. The van der Waals surface area contributed by atoms with Crippen LogP contribution in [0.4, 0.5) is 15.9 Å². The van der Waals surface area contributed by atoms with E-state index in [0.29, 0.717) is 5.69 Å². The Hall–Kier alpha value is -1.99. The smallest absolute Gasteiger partial charge is 0.258 e. The van der Waals surface area contributed by atoms with Gasteiger partial charge in [0.15, 0.2) is 11.6 Å². The molecule has 0 unspecified atom stereocenters. The predicted molar refractivity (Wildman–Crippen MR) is 83.5 cm³/mol. The standard InChI is InChI=1S/C14H14BrFN4O/c1-2-8-7-9(15)3-4-11(8)19-14(21)10-5-6-18-13(20-17)12(10)16/h3-7H,2,17H2,1H3,(H,18,20)(H,19,21). The average molecular weight is 353 g/mol. The first-order chi connectivity index (χ1) is 10.1. The van der Waals surface area contributed by atoms with E-state index in [1.807, 2.05) is 19.1 Å². The number of rotatable bonds is 4. The lowest BCUT2D eigenvalue weighted by molar-refractivity contribution is 0.102. The number of carbonyl (C=O) groups excluding carboxylic acids is 1. The average Bonchev–Trinajstić information content (AvgIpc) is 2.49. The molecule has 2 rings (SSSR count). The molecule has 1 amide bonds. The molecule has 21 heavy (non-hydrogen) atoms. The van der Waals surface area contributed by atoms with E-state index in [0.717, 1.165) is 16.5 Å². The first-order valence-electron chi connectivity index (χ1n) is 6.27. The fourth-order valence-electron chi connectivity index (χ4n) is 1.89. The fourth-order valence-corrected chi connectivity index (χ4v) is 2.29. The highest BCUT2D eigenvalue weighted by Crippen LogP contribution is 2.23. The number of hydrogen-bond donors (Lipinski definition) is 3. The van der Waals surface area contributed by atoms with E-state index >= 15 is 0 Å². The van der Waals surface area contributed by atoms with Crippen LogP contribution in [0.5, 0.6) is 0 Å². The van der Waals surface area contributed by atoms with Gasteiger partial charge < -0.3 is 10.7 Å². The van der Waals surface area contributed by atoms with Gasteiger partial charge in [-0.15, -0.1) is 0 Å². The number of pyridine rings is 1. The van der Waals surface area contributed by atoms with Crippen molar-refractivity contribution in [1.82, 2.24) is 4.98 Å². The van der Waals surface area contributed by atoms with Crippen molar-refractivity contribution < 1.29 is 9.18 Å². The number of amides is 1. The first kappa shape index (κ1) is 15.4. The van der Waals surface area contributed by atoms with E-state index in [4.69, 9.17) is 5.84 Å². The molecule has 1 aromatic carbocycles. The van der Waals surface area contributed by atoms with Gasteiger partial charge >= 0.3 is 0 Å². The number of hydrazine groups is 1. The molecule has 0 saturated heterocycles. The summed E-state index contributed by atoms with van der Waals surface area (Å²) in [5.41, 5.74) is 3.58. The summed E-state index contributed by atoms with van der Waals surface area (Å²) in [6, 6.07) is 6.79. The van der Waals surface area contributed by atoms with Crippen molar-refractivity contribution >= 4 is 33.3 Å². The lowest BCUT2D eigenvalue weighted by Crippen LogP contribution is -2.18. The van der Waals surface area contributed by atoms with Gasteiger partial charge in [0.2, 0.25) is 0 Å². The molecule has 0 bridgehead atoms. The van der Waals surface area contributed by atoms with Crippen molar-refractivity contribution in [2.45, 2.75) is 13.3 Å². The topological polar surface area (TPSA) is 80.0 Å². The van der Waals surface area contributed by atoms with E-state index < -0.39 is 11.7 Å². The van der Waals surface area contributed by atoms with E-state index in [-0.39, 0.29) is 11.4 Å². The number of anilines is 2. The van der Waals surface area contributed by atoms with Crippen LogP contribution in [0.2, 0.25) is 0 Å². The lowest BCUT2D eigenvalue weighted by Gasteiger charge is -2.11. The summed E-state index contributed by atoms with van der Waals surface area (Å²) >= 11 is 3.38. The van der Waals surface area contributed by atoms with E-state index in [2.05, 4.69) is 31.7 Å². The monoisotopic (exact) mass is 352 g/mol. The Bertz CT molecular complexity index is 678. The minimum absolute atomic E-state index is 0.122. The number of benzene rings is 1. The number of nitrogen functional groups attached to an aromatic ring is 1. The number of carbonyl (C=O) groups is 1. The van der Waals surface area contributed by atoms with Gasteiger partial charge in [0.25, 0.3) is 5.91 Å². The molecular formula is C14H14BrFN4O. The Morgan fingerprint density at radius 3 is 2.86 bits per heavy atom. The van der Waals surface area contributed by atoms with Crippen molar-refractivity contribution in [3.63, 3.8) is 0 Å². The third-order valence-electron chi connectivity index (χ3n) is 2.97. The van der Waals surface area contributed by atoms with Crippen LogP contribution in [0.3, 0.4) is 0 Å². The number of nitrogens with zero attached hydrogens (tertiary/aromatic N) is 1. The molecule has 7 heteroatoms.